The number of ether oxygens (including phenoxy) is 1. The fourth-order valence-electron chi connectivity index (χ4n) is 0.491. The van der Waals surface area contributed by atoms with E-state index < -0.39 is 0 Å². The fraction of sp³-hybridized carbons (Fsp3) is 0.625. The molecule has 0 saturated heterocycles. The zero-order chi connectivity index (χ0) is 7.98. The van der Waals surface area contributed by atoms with E-state index in [1.807, 2.05) is 6.92 Å². The van der Waals surface area contributed by atoms with Crippen LogP contribution in [0.1, 0.15) is 20.3 Å². The molecule has 0 aromatic carbocycles. The largest absolute Gasteiger partial charge is 0.468 e. The fourth-order valence-corrected chi connectivity index (χ4v) is 0.491. The molecular weight excluding hydrogens is 128 g/mol. The van der Waals surface area contributed by atoms with E-state index in [1.54, 1.807) is 6.92 Å². The molecule has 0 bridgehead atoms. The van der Waals surface area contributed by atoms with Crippen LogP contribution in [0.3, 0.4) is 0 Å². The van der Waals surface area contributed by atoms with Crippen LogP contribution in [0, 0.1) is 17.8 Å². The molecule has 0 aliphatic carbocycles. The topological polar surface area (TPSA) is 26.3 Å². The smallest absolute Gasteiger partial charge is 0.320 e. The molecule has 0 aromatic heterocycles. The summed E-state index contributed by atoms with van der Waals surface area (Å²) in [4.78, 5) is 10.7. The van der Waals surface area contributed by atoms with Gasteiger partial charge in [-0.25, -0.2) is 0 Å². The van der Waals surface area contributed by atoms with Gasteiger partial charge in [-0.15, -0.1) is 5.92 Å². The van der Waals surface area contributed by atoms with Crippen molar-refractivity contribution in [2.24, 2.45) is 5.92 Å². The van der Waals surface area contributed by atoms with Crippen LogP contribution in [0.15, 0.2) is 0 Å². The van der Waals surface area contributed by atoms with Crippen molar-refractivity contribution in [3.05, 3.63) is 0 Å². The van der Waals surface area contributed by atoms with Crippen molar-refractivity contribution in [2.75, 3.05) is 7.11 Å². The molecule has 10 heavy (non-hydrogen) atoms. The molecule has 0 aromatic rings. The van der Waals surface area contributed by atoms with Gasteiger partial charge in [0.1, 0.15) is 5.92 Å². The van der Waals surface area contributed by atoms with E-state index in [1.165, 1.54) is 7.11 Å². The van der Waals surface area contributed by atoms with Crippen molar-refractivity contribution in [3.63, 3.8) is 0 Å². The SMILES string of the molecule is CCC#CC(C)C(=O)OC. The lowest BCUT2D eigenvalue weighted by atomic mass is 10.2. The molecule has 1 unspecified atom stereocenters. The van der Waals surface area contributed by atoms with Crippen molar-refractivity contribution < 1.29 is 9.53 Å². The van der Waals surface area contributed by atoms with Gasteiger partial charge in [0.05, 0.1) is 7.11 Å². The van der Waals surface area contributed by atoms with Crippen LogP contribution in [0.25, 0.3) is 0 Å². The van der Waals surface area contributed by atoms with Gasteiger partial charge in [-0.3, -0.25) is 4.79 Å². The minimum absolute atomic E-state index is 0.263. The zero-order valence-corrected chi connectivity index (χ0v) is 6.60. The molecule has 1 atom stereocenters. The highest BCUT2D eigenvalue weighted by atomic mass is 16.5. The first-order valence-corrected chi connectivity index (χ1v) is 3.28. The molecule has 0 spiro atoms. The zero-order valence-electron chi connectivity index (χ0n) is 6.60. The summed E-state index contributed by atoms with van der Waals surface area (Å²) < 4.78 is 4.47. The van der Waals surface area contributed by atoms with Crippen LogP contribution in [0.2, 0.25) is 0 Å². The van der Waals surface area contributed by atoms with E-state index in [0.29, 0.717) is 0 Å². The van der Waals surface area contributed by atoms with Crippen molar-refractivity contribution in [3.8, 4) is 11.8 Å². The summed E-state index contributed by atoms with van der Waals surface area (Å²) in [6.07, 6.45) is 0.779. The third-order valence-corrected chi connectivity index (χ3v) is 1.05. The normalized spacial score (nSPS) is 11.1. The molecule has 0 aliphatic rings. The molecule has 0 radical (unpaired) electrons. The average molecular weight is 140 g/mol. The number of carbonyl (C=O) groups is 1. The predicted octanol–water partition coefficient (Wildman–Crippen LogP) is 1.21. The quantitative estimate of drug-likeness (QED) is 0.404. The van der Waals surface area contributed by atoms with E-state index in [0.717, 1.165) is 6.42 Å². The van der Waals surface area contributed by atoms with Gasteiger partial charge in [0.2, 0.25) is 0 Å². The molecule has 0 heterocycles. The van der Waals surface area contributed by atoms with Crippen LogP contribution in [-0.2, 0) is 9.53 Å². The van der Waals surface area contributed by atoms with Crippen molar-refractivity contribution in [1.82, 2.24) is 0 Å². The van der Waals surface area contributed by atoms with Crippen LogP contribution < -0.4 is 0 Å². The summed E-state index contributed by atoms with van der Waals surface area (Å²) in [5, 5.41) is 0. The first-order chi connectivity index (χ1) is 4.72. The molecule has 0 fully saturated rings. The maximum atomic E-state index is 10.7. The molecule has 56 valence electrons. The number of esters is 1. The first kappa shape index (κ1) is 9.03. The summed E-state index contributed by atoms with van der Waals surface area (Å²) in [6, 6.07) is 0. The van der Waals surface area contributed by atoms with E-state index >= 15 is 0 Å². The summed E-state index contributed by atoms with van der Waals surface area (Å²) in [5.74, 6) is 5.02. The van der Waals surface area contributed by atoms with Gasteiger partial charge >= 0.3 is 5.97 Å². The Labute approximate surface area is 61.6 Å². The molecule has 2 nitrogen and oxygen atoms in total. The number of hydrogen-bond acceptors (Lipinski definition) is 2. The number of methoxy groups -OCH3 is 1. The van der Waals surface area contributed by atoms with Crippen LogP contribution in [0.5, 0.6) is 0 Å². The first-order valence-electron chi connectivity index (χ1n) is 3.28. The lowest BCUT2D eigenvalue weighted by molar-refractivity contribution is -0.142. The highest BCUT2D eigenvalue weighted by molar-refractivity contribution is 5.75. The van der Waals surface area contributed by atoms with Gasteiger partial charge in [-0.2, -0.15) is 0 Å². The van der Waals surface area contributed by atoms with E-state index in [-0.39, 0.29) is 11.9 Å². The predicted molar refractivity (Wildman–Crippen MR) is 39.2 cm³/mol. The summed E-state index contributed by atoms with van der Waals surface area (Å²) in [5.41, 5.74) is 0. The maximum Gasteiger partial charge on any atom is 0.320 e. The Kier molecular flexibility index (Phi) is 4.39. The molecule has 0 saturated carbocycles. The lowest BCUT2D eigenvalue weighted by Crippen LogP contribution is -2.10. The second-order valence-electron chi connectivity index (χ2n) is 1.92. The minimum Gasteiger partial charge on any atom is -0.468 e. The van der Waals surface area contributed by atoms with Crippen molar-refractivity contribution >= 4 is 5.97 Å². The molecule has 0 N–H and O–H groups in total. The molecule has 0 amide bonds. The second-order valence-corrected chi connectivity index (χ2v) is 1.92. The Morgan fingerprint density at radius 3 is 2.70 bits per heavy atom. The van der Waals surface area contributed by atoms with Crippen molar-refractivity contribution in [2.45, 2.75) is 20.3 Å². The summed E-state index contributed by atoms with van der Waals surface area (Å²) >= 11 is 0. The maximum absolute atomic E-state index is 10.7. The molecular formula is C8H12O2. The number of carbonyl (C=O) groups excluding carboxylic acids is 1. The van der Waals surface area contributed by atoms with Gasteiger partial charge in [0.25, 0.3) is 0 Å². The average Bonchev–Trinajstić information content (AvgIpc) is 1.98. The molecule has 0 rings (SSSR count). The van der Waals surface area contributed by atoms with Gasteiger partial charge in [0, 0.05) is 6.42 Å². The Bertz CT molecular complexity index is 162. The summed E-state index contributed by atoms with van der Waals surface area (Å²) in [6.45, 7) is 3.67. The second kappa shape index (κ2) is 4.87. The lowest BCUT2D eigenvalue weighted by Gasteiger charge is -1.98. The Morgan fingerprint density at radius 1 is 1.70 bits per heavy atom. The minimum atomic E-state index is -0.287. The van der Waals surface area contributed by atoms with Gasteiger partial charge in [-0.1, -0.05) is 12.8 Å². The highest BCUT2D eigenvalue weighted by Gasteiger charge is 2.07. The van der Waals surface area contributed by atoms with Gasteiger partial charge < -0.3 is 4.74 Å². The van der Waals surface area contributed by atoms with E-state index in [4.69, 9.17) is 0 Å². The monoisotopic (exact) mass is 140 g/mol. The molecule has 2 heteroatoms. The summed E-state index contributed by atoms with van der Waals surface area (Å²) in [7, 11) is 1.37. The highest BCUT2D eigenvalue weighted by Crippen LogP contribution is 1.94. The van der Waals surface area contributed by atoms with Crippen molar-refractivity contribution in [1.29, 1.82) is 0 Å². The van der Waals surface area contributed by atoms with E-state index in [9.17, 15) is 4.79 Å². The van der Waals surface area contributed by atoms with Gasteiger partial charge in [-0.05, 0) is 6.92 Å². The third-order valence-electron chi connectivity index (χ3n) is 1.05. The Balaban J connectivity index is 3.83. The third kappa shape index (κ3) is 3.13. The number of rotatable bonds is 1. The van der Waals surface area contributed by atoms with Crippen LogP contribution >= 0.6 is 0 Å². The van der Waals surface area contributed by atoms with Crippen LogP contribution in [0.4, 0.5) is 0 Å². The Morgan fingerprint density at radius 2 is 2.30 bits per heavy atom. The van der Waals surface area contributed by atoms with Crippen LogP contribution in [-0.4, -0.2) is 13.1 Å². The Hall–Kier alpha value is -0.970. The van der Waals surface area contributed by atoms with Gasteiger partial charge in [0.15, 0.2) is 0 Å². The molecule has 0 aliphatic heterocycles. The standard InChI is InChI=1S/C8H12O2/c1-4-5-6-7(2)8(9)10-3/h7H,4H2,1-3H3. The van der Waals surface area contributed by atoms with E-state index in [2.05, 4.69) is 16.6 Å². The number of hydrogen-bond donors (Lipinski definition) is 0.